The Hall–Kier alpha value is -2.66. The zero-order valence-electron chi connectivity index (χ0n) is 15.6. The molecule has 1 saturated heterocycles. The van der Waals surface area contributed by atoms with Crippen LogP contribution in [0.3, 0.4) is 0 Å². The predicted octanol–water partition coefficient (Wildman–Crippen LogP) is 2.74. The average Bonchev–Trinajstić information content (AvgIpc) is 2.71. The molecule has 2 atom stereocenters. The minimum atomic E-state index is 0.0138. The maximum absolute atomic E-state index is 13.1. The second-order valence-electron chi connectivity index (χ2n) is 7.55. The maximum atomic E-state index is 13.1. The van der Waals surface area contributed by atoms with Crippen molar-refractivity contribution >= 4 is 27.7 Å². The Morgan fingerprint density at radius 3 is 2.30 bits per heavy atom. The molecule has 140 valence electrons. The second kappa shape index (κ2) is 7.16. The van der Waals surface area contributed by atoms with Crippen LogP contribution in [0.4, 0.5) is 0 Å². The van der Waals surface area contributed by atoms with Gasteiger partial charge in [0.1, 0.15) is 6.54 Å². The lowest BCUT2D eigenvalue weighted by atomic mass is 9.92. The Kier molecular flexibility index (Phi) is 4.70. The van der Waals surface area contributed by atoms with E-state index in [2.05, 4.69) is 0 Å². The molecule has 1 aromatic heterocycles. The summed E-state index contributed by atoms with van der Waals surface area (Å²) in [5.41, 5.74) is 7.69. The molecule has 1 amide bonds. The molecular weight excluding hydrogens is 338 g/mol. The van der Waals surface area contributed by atoms with E-state index >= 15 is 0 Å². The Balaban J connectivity index is 1.76. The maximum Gasteiger partial charge on any atom is 0.242 e. The van der Waals surface area contributed by atoms with Crippen LogP contribution in [0.1, 0.15) is 19.8 Å². The molecule has 5 heteroatoms. The number of nitrogens with two attached hydrogens (primary N) is 1. The van der Waals surface area contributed by atoms with Crippen LogP contribution in [-0.4, -0.2) is 34.5 Å². The highest BCUT2D eigenvalue weighted by Gasteiger charge is 2.26. The highest BCUT2D eigenvalue weighted by atomic mass is 16.2. The van der Waals surface area contributed by atoms with Crippen molar-refractivity contribution in [3.8, 4) is 0 Å². The first-order valence-corrected chi connectivity index (χ1v) is 9.60. The average molecular weight is 363 g/mol. The number of para-hydroxylation sites is 2. The van der Waals surface area contributed by atoms with E-state index < -0.39 is 0 Å². The minimum Gasteiger partial charge on any atom is -0.341 e. The van der Waals surface area contributed by atoms with Gasteiger partial charge in [-0.05, 0) is 49.9 Å². The summed E-state index contributed by atoms with van der Waals surface area (Å²) in [6.07, 6.45) is 2.06. The van der Waals surface area contributed by atoms with Gasteiger partial charge in [-0.25, -0.2) is 0 Å². The summed E-state index contributed by atoms with van der Waals surface area (Å²) in [6.45, 7) is 3.74. The molecule has 2 aromatic carbocycles. The van der Waals surface area contributed by atoms with Crippen molar-refractivity contribution in [2.75, 3.05) is 13.1 Å². The first kappa shape index (κ1) is 17.7. The van der Waals surface area contributed by atoms with E-state index in [1.165, 1.54) is 0 Å². The van der Waals surface area contributed by atoms with Crippen LogP contribution in [0.2, 0.25) is 0 Å². The number of hydrogen-bond donors (Lipinski definition) is 1. The van der Waals surface area contributed by atoms with Crippen molar-refractivity contribution in [2.24, 2.45) is 11.7 Å². The van der Waals surface area contributed by atoms with E-state index in [4.69, 9.17) is 5.73 Å². The van der Waals surface area contributed by atoms with E-state index in [1.54, 1.807) is 0 Å². The molecule has 5 nitrogen and oxygen atoms in total. The first-order valence-electron chi connectivity index (χ1n) is 9.60. The van der Waals surface area contributed by atoms with Crippen LogP contribution in [-0.2, 0) is 11.3 Å². The number of carbonyl (C=O) groups is 1. The number of amides is 1. The number of piperidine rings is 1. The van der Waals surface area contributed by atoms with Gasteiger partial charge in [-0.2, -0.15) is 0 Å². The number of nitrogens with zero attached hydrogens (tertiary/aromatic N) is 2. The highest BCUT2D eigenvalue weighted by molar-refractivity contribution is 5.94. The summed E-state index contributed by atoms with van der Waals surface area (Å²) in [5, 5.41) is 1.30. The number of hydrogen-bond acceptors (Lipinski definition) is 3. The van der Waals surface area contributed by atoms with E-state index in [0.717, 1.165) is 30.4 Å². The largest absolute Gasteiger partial charge is 0.341 e. The van der Waals surface area contributed by atoms with Crippen LogP contribution in [0, 0.1) is 5.92 Å². The smallest absolute Gasteiger partial charge is 0.242 e. The fourth-order valence-corrected chi connectivity index (χ4v) is 4.15. The second-order valence-corrected chi connectivity index (χ2v) is 7.55. The molecular formula is C22H25N3O2. The number of likely N-dealkylation sites (tertiary alicyclic amines) is 1. The Morgan fingerprint density at radius 1 is 1.11 bits per heavy atom. The number of benzene rings is 2. The van der Waals surface area contributed by atoms with Crippen molar-refractivity contribution in [1.82, 2.24) is 9.47 Å². The van der Waals surface area contributed by atoms with E-state index in [9.17, 15) is 9.59 Å². The van der Waals surface area contributed by atoms with Gasteiger partial charge in [-0.1, -0.05) is 24.3 Å². The molecule has 27 heavy (non-hydrogen) atoms. The molecule has 0 spiro atoms. The lowest BCUT2D eigenvalue weighted by molar-refractivity contribution is -0.133. The number of carbonyl (C=O) groups excluding carboxylic acids is 1. The molecule has 2 unspecified atom stereocenters. The van der Waals surface area contributed by atoms with Gasteiger partial charge in [0.2, 0.25) is 5.91 Å². The molecule has 0 aliphatic carbocycles. The number of aromatic nitrogens is 1. The number of pyridine rings is 1. The third-order valence-electron chi connectivity index (χ3n) is 5.73. The van der Waals surface area contributed by atoms with E-state index in [1.807, 2.05) is 64.9 Å². The highest BCUT2D eigenvalue weighted by Crippen LogP contribution is 2.22. The monoisotopic (exact) mass is 363 g/mol. The van der Waals surface area contributed by atoms with Crippen LogP contribution in [0.25, 0.3) is 21.8 Å². The van der Waals surface area contributed by atoms with Crippen LogP contribution >= 0.6 is 0 Å². The SMILES string of the molecule is CC(N)C1CCCN(C(=O)Cn2c3ccccc3c(=O)c3ccccc32)C1. The van der Waals surface area contributed by atoms with E-state index in [0.29, 0.717) is 23.2 Å². The molecule has 1 fully saturated rings. The molecule has 4 rings (SSSR count). The minimum absolute atomic E-state index is 0.0138. The molecule has 0 bridgehead atoms. The molecule has 0 saturated carbocycles. The van der Waals surface area contributed by atoms with Crippen molar-refractivity contribution in [3.05, 3.63) is 58.8 Å². The van der Waals surface area contributed by atoms with Gasteiger partial charge in [-0.3, -0.25) is 9.59 Å². The van der Waals surface area contributed by atoms with Gasteiger partial charge in [0.05, 0.1) is 11.0 Å². The number of rotatable bonds is 3. The van der Waals surface area contributed by atoms with Gasteiger partial charge in [0.25, 0.3) is 0 Å². The van der Waals surface area contributed by atoms with E-state index in [-0.39, 0.29) is 23.9 Å². The quantitative estimate of drug-likeness (QED) is 0.728. The zero-order valence-corrected chi connectivity index (χ0v) is 15.6. The lowest BCUT2D eigenvalue weighted by Gasteiger charge is -2.35. The Bertz CT molecular complexity index is 994. The molecule has 0 radical (unpaired) electrons. The predicted molar refractivity (Wildman–Crippen MR) is 109 cm³/mol. The van der Waals surface area contributed by atoms with Gasteiger partial charge in [0.15, 0.2) is 5.43 Å². The van der Waals surface area contributed by atoms with Gasteiger partial charge < -0.3 is 15.2 Å². The normalized spacial score (nSPS) is 18.7. The topological polar surface area (TPSA) is 68.3 Å². The van der Waals surface area contributed by atoms with Gasteiger partial charge in [-0.15, -0.1) is 0 Å². The summed E-state index contributed by atoms with van der Waals surface area (Å²) in [4.78, 5) is 27.8. The van der Waals surface area contributed by atoms with Crippen LogP contribution in [0.5, 0.6) is 0 Å². The fourth-order valence-electron chi connectivity index (χ4n) is 4.15. The molecule has 1 aliphatic rings. The number of fused-ring (bicyclic) bond motifs is 2. The third kappa shape index (κ3) is 3.23. The Morgan fingerprint density at radius 2 is 1.70 bits per heavy atom. The van der Waals surface area contributed by atoms with Crippen molar-refractivity contribution in [2.45, 2.75) is 32.4 Å². The van der Waals surface area contributed by atoms with Crippen LogP contribution < -0.4 is 11.2 Å². The third-order valence-corrected chi connectivity index (χ3v) is 5.73. The first-order chi connectivity index (χ1) is 13.1. The fraction of sp³-hybridized carbons (Fsp3) is 0.364. The zero-order chi connectivity index (χ0) is 19.0. The molecule has 1 aliphatic heterocycles. The Labute approximate surface area is 158 Å². The summed E-state index contributed by atoms with van der Waals surface area (Å²) < 4.78 is 1.98. The summed E-state index contributed by atoms with van der Waals surface area (Å²) in [5.74, 6) is 0.435. The van der Waals surface area contributed by atoms with Gasteiger partial charge in [0, 0.05) is 29.9 Å². The summed E-state index contributed by atoms with van der Waals surface area (Å²) in [7, 11) is 0. The lowest BCUT2D eigenvalue weighted by Crippen LogP contribution is -2.46. The van der Waals surface area contributed by atoms with Gasteiger partial charge >= 0.3 is 0 Å². The molecule has 2 N–H and O–H groups in total. The van der Waals surface area contributed by atoms with Crippen molar-refractivity contribution in [1.29, 1.82) is 0 Å². The summed E-state index contributed by atoms with van der Waals surface area (Å²) in [6, 6.07) is 15.1. The van der Waals surface area contributed by atoms with Crippen molar-refractivity contribution < 1.29 is 4.79 Å². The standard InChI is InChI=1S/C22H25N3O2/c1-15(23)16-7-6-12-24(13-16)21(26)14-25-19-10-4-2-8-17(19)22(27)18-9-3-5-11-20(18)25/h2-5,8-11,15-16H,6-7,12-14,23H2,1H3. The van der Waals surface area contributed by atoms with Crippen LogP contribution in [0.15, 0.2) is 53.3 Å². The van der Waals surface area contributed by atoms with Crippen molar-refractivity contribution in [3.63, 3.8) is 0 Å². The summed E-state index contributed by atoms with van der Waals surface area (Å²) >= 11 is 0. The molecule has 3 aromatic rings. The molecule has 2 heterocycles.